The van der Waals surface area contributed by atoms with Crippen molar-refractivity contribution >= 4 is 39.5 Å². The zero-order chi connectivity index (χ0) is 75.6. The molecule has 19 heteroatoms. The Morgan fingerprint density at radius 2 is 0.495 bits per heavy atom. The van der Waals surface area contributed by atoms with Crippen LogP contribution in [0.4, 0.5) is 0 Å². The smallest absolute Gasteiger partial charge is 0.462 e. The van der Waals surface area contributed by atoms with E-state index in [4.69, 9.17) is 37.0 Å². The molecule has 103 heavy (non-hydrogen) atoms. The lowest BCUT2D eigenvalue weighted by atomic mass is 9.99. The molecule has 612 valence electrons. The summed E-state index contributed by atoms with van der Waals surface area (Å²) in [5, 5.41) is 10.7. The summed E-state index contributed by atoms with van der Waals surface area (Å²) in [6.07, 6.45) is 66.4. The second kappa shape index (κ2) is 75.5. The zero-order valence-electron chi connectivity index (χ0n) is 67.6. The Hall–Kier alpha value is -1.94. The number of carbonyl (C=O) groups excluding carboxylic acids is 4. The molecule has 6 atom stereocenters. The van der Waals surface area contributed by atoms with E-state index >= 15 is 0 Å². The molecule has 0 amide bonds. The van der Waals surface area contributed by atoms with Crippen LogP contribution < -0.4 is 0 Å². The Bertz CT molecular complexity index is 1980. The second-order valence-corrected chi connectivity index (χ2v) is 33.8. The van der Waals surface area contributed by atoms with Crippen LogP contribution >= 0.6 is 15.6 Å². The SMILES string of the molecule is CCCCCCCCCCCCCCCCCCCCC(=O)OC[C@H](COP(=O)(O)OC[C@@H](O)COP(=O)(O)OC[C@@H](COC(=O)CCCCCCCCCCCCCCC)OC(=O)CCCCCCCCCCCCCC(C)C)OC(=O)CCCCCCCCCCCCCCCCC(C)CC. The van der Waals surface area contributed by atoms with Gasteiger partial charge < -0.3 is 33.8 Å². The highest BCUT2D eigenvalue weighted by Crippen LogP contribution is 2.45. The second-order valence-electron chi connectivity index (χ2n) is 30.9. The molecule has 0 heterocycles. The molecule has 17 nitrogen and oxygen atoms in total. The van der Waals surface area contributed by atoms with Crippen molar-refractivity contribution in [2.24, 2.45) is 11.8 Å². The first-order valence-electron chi connectivity index (χ1n) is 43.5. The van der Waals surface area contributed by atoms with Gasteiger partial charge in [0, 0.05) is 25.7 Å². The Balaban J connectivity index is 5.27. The van der Waals surface area contributed by atoms with E-state index in [0.717, 1.165) is 102 Å². The van der Waals surface area contributed by atoms with Crippen LogP contribution in [-0.2, 0) is 65.4 Å². The number of hydrogen-bond donors (Lipinski definition) is 3. The predicted molar refractivity (Wildman–Crippen MR) is 423 cm³/mol. The van der Waals surface area contributed by atoms with E-state index < -0.39 is 97.5 Å². The van der Waals surface area contributed by atoms with Gasteiger partial charge in [0.05, 0.1) is 26.4 Å². The molecular formula is C84H164O17P2. The van der Waals surface area contributed by atoms with Crippen molar-refractivity contribution in [2.75, 3.05) is 39.6 Å². The summed E-state index contributed by atoms with van der Waals surface area (Å²) in [7, 11) is -9.93. The average Bonchev–Trinajstić information content (AvgIpc) is 0.909. The molecule has 3 unspecified atom stereocenters. The fourth-order valence-electron chi connectivity index (χ4n) is 13.0. The molecule has 0 aliphatic heterocycles. The van der Waals surface area contributed by atoms with Crippen LogP contribution in [0.15, 0.2) is 0 Å². The molecule has 0 aromatic heterocycles. The summed E-state index contributed by atoms with van der Waals surface area (Å²) in [5.41, 5.74) is 0. The summed E-state index contributed by atoms with van der Waals surface area (Å²) < 4.78 is 68.9. The number of aliphatic hydroxyl groups is 1. The van der Waals surface area contributed by atoms with Crippen LogP contribution in [-0.4, -0.2) is 96.7 Å². The quantitative estimate of drug-likeness (QED) is 0.0222. The molecule has 3 N–H and O–H groups in total. The van der Waals surface area contributed by atoms with E-state index in [9.17, 15) is 43.2 Å². The van der Waals surface area contributed by atoms with Crippen LogP contribution in [0.3, 0.4) is 0 Å². The van der Waals surface area contributed by atoms with E-state index in [1.807, 2.05) is 0 Å². The summed E-state index contributed by atoms with van der Waals surface area (Å²) in [5.74, 6) is -0.491. The number of ether oxygens (including phenoxy) is 4. The topological polar surface area (TPSA) is 237 Å². The van der Waals surface area contributed by atoms with E-state index in [1.165, 1.54) is 263 Å². The van der Waals surface area contributed by atoms with Gasteiger partial charge in [0.15, 0.2) is 12.2 Å². The van der Waals surface area contributed by atoms with Gasteiger partial charge in [-0.1, -0.05) is 395 Å². The largest absolute Gasteiger partial charge is 0.472 e. The van der Waals surface area contributed by atoms with Crippen molar-refractivity contribution in [2.45, 2.75) is 464 Å². The van der Waals surface area contributed by atoms with E-state index in [2.05, 4.69) is 41.5 Å². The Morgan fingerprint density at radius 1 is 0.282 bits per heavy atom. The first kappa shape index (κ1) is 101. The van der Waals surface area contributed by atoms with Crippen LogP contribution in [0.25, 0.3) is 0 Å². The van der Waals surface area contributed by atoms with Gasteiger partial charge in [0.1, 0.15) is 19.3 Å². The van der Waals surface area contributed by atoms with Crippen molar-refractivity contribution in [3.8, 4) is 0 Å². The summed E-state index contributed by atoms with van der Waals surface area (Å²) in [6.45, 7) is 9.72. The molecule has 0 saturated heterocycles. The standard InChI is InChI=1S/C84H164O17P2/c1-7-10-12-14-16-18-20-22-23-24-25-26-31-37-43-49-55-61-67-82(87)95-72-79(100-83(88)68-62-56-50-44-38-32-28-27-30-35-41-47-53-59-65-77(6)9-3)74-98-102(90,91)96-70-78(85)71-97-103(92,93)99-75-80(73-94-81(86)66-60-54-48-42-36-29-21-19-17-15-13-11-8-2)101-84(89)69-63-57-51-45-39-33-34-40-46-52-58-64-76(4)5/h76-80,85H,7-75H2,1-6H3,(H,90,91)(H,92,93)/t77?,78-,79-,80-/m1/s1. The van der Waals surface area contributed by atoms with Gasteiger partial charge in [-0.25, -0.2) is 9.13 Å². The molecule has 0 spiro atoms. The van der Waals surface area contributed by atoms with Gasteiger partial charge in [0.2, 0.25) is 0 Å². The lowest BCUT2D eigenvalue weighted by Crippen LogP contribution is -2.30. The lowest BCUT2D eigenvalue weighted by molar-refractivity contribution is -0.161. The first-order valence-corrected chi connectivity index (χ1v) is 46.5. The molecule has 0 aliphatic carbocycles. The van der Waals surface area contributed by atoms with Crippen molar-refractivity contribution < 1.29 is 80.2 Å². The number of hydrogen-bond acceptors (Lipinski definition) is 15. The van der Waals surface area contributed by atoms with Gasteiger partial charge in [-0.15, -0.1) is 0 Å². The van der Waals surface area contributed by atoms with Crippen molar-refractivity contribution in [3.63, 3.8) is 0 Å². The molecule has 0 radical (unpaired) electrons. The number of rotatable bonds is 83. The Kier molecular flexibility index (Phi) is 74.1. The maximum atomic E-state index is 13.1. The van der Waals surface area contributed by atoms with Crippen molar-refractivity contribution in [1.29, 1.82) is 0 Å². The predicted octanol–water partition coefficient (Wildman–Crippen LogP) is 25.5. The lowest BCUT2D eigenvalue weighted by Gasteiger charge is -2.21. The Morgan fingerprint density at radius 3 is 0.738 bits per heavy atom. The monoisotopic (exact) mass is 1510 g/mol. The molecule has 0 aromatic carbocycles. The molecule has 0 aliphatic rings. The molecular weight excluding hydrogens is 1340 g/mol. The molecule has 0 fully saturated rings. The molecule has 0 rings (SSSR count). The maximum Gasteiger partial charge on any atom is 0.472 e. The van der Waals surface area contributed by atoms with Gasteiger partial charge >= 0.3 is 39.5 Å². The van der Waals surface area contributed by atoms with Crippen LogP contribution in [0.5, 0.6) is 0 Å². The van der Waals surface area contributed by atoms with Gasteiger partial charge in [-0.2, -0.15) is 0 Å². The van der Waals surface area contributed by atoms with Gasteiger partial charge in [-0.05, 0) is 37.5 Å². The van der Waals surface area contributed by atoms with Crippen molar-refractivity contribution in [3.05, 3.63) is 0 Å². The highest BCUT2D eigenvalue weighted by atomic mass is 31.2. The van der Waals surface area contributed by atoms with E-state index in [0.29, 0.717) is 25.7 Å². The number of unbranched alkanes of at least 4 members (excludes halogenated alkanes) is 52. The zero-order valence-corrected chi connectivity index (χ0v) is 69.4. The molecule has 0 aromatic rings. The summed E-state index contributed by atoms with van der Waals surface area (Å²) in [4.78, 5) is 73.2. The minimum absolute atomic E-state index is 0.107. The molecule has 0 saturated carbocycles. The third-order valence-corrected chi connectivity index (χ3v) is 22.0. The number of aliphatic hydroxyl groups excluding tert-OH is 1. The fraction of sp³-hybridized carbons (Fsp3) is 0.952. The highest BCUT2D eigenvalue weighted by molar-refractivity contribution is 7.47. The van der Waals surface area contributed by atoms with Crippen LogP contribution in [0.2, 0.25) is 0 Å². The first-order chi connectivity index (χ1) is 49.9. The van der Waals surface area contributed by atoms with Gasteiger partial charge in [0.25, 0.3) is 0 Å². The number of phosphoric acid groups is 2. The van der Waals surface area contributed by atoms with Gasteiger partial charge in [-0.3, -0.25) is 37.3 Å². The fourth-order valence-corrected chi connectivity index (χ4v) is 14.6. The minimum Gasteiger partial charge on any atom is -0.462 e. The Labute approximate surface area is 632 Å². The van der Waals surface area contributed by atoms with Crippen LogP contribution in [0.1, 0.15) is 446 Å². The van der Waals surface area contributed by atoms with Crippen molar-refractivity contribution in [1.82, 2.24) is 0 Å². The molecule has 0 bridgehead atoms. The normalized spacial score (nSPS) is 14.1. The third kappa shape index (κ3) is 76.6. The average molecular weight is 1510 g/mol. The number of esters is 4. The van der Waals surface area contributed by atoms with E-state index in [1.54, 1.807) is 0 Å². The number of phosphoric ester groups is 2. The summed E-state index contributed by atoms with van der Waals surface area (Å²) >= 11 is 0. The maximum absolute atomic E-state index is 13.1. The number of carbonyl (C=O) groups is 4. The van der Waals surface area contributed by atoms with E-state index in [-0.39, 0.29) is 25.7 Å². The summed E-state index contributed by atoms with van der Waals surface area (Å²) in [6, 6.07) is 0. The highest BCUT2D eigenvalue weighted by Gasteiger charge is 2.30. The minimum atomic E-state index is -4.96. The third-order valence-electron chi connectivity index (χ3n) is 20.1. The van der Waals surface area contributed by atoms with Crippen LogP contribution in [0, 0.1) is 11.8 Å².